The standard InChI is InChI=1S/C30H33Cl3N2O3/c1-2-3-17-34-30(37)28(19-22-8-5-4-6-9-22)35(21-23-11-12-25(32)20-27(23)33)29(36)10-7-18-38-26-15-13-24(31)14-16-26/h4-6,8-9,11-16,20,28H,2-3,7,10,17-19,21H2,1H3,(H,34,37)/t28-/m1/s1. The van der Waals surface area contributed by atoms with E-state index in [1.165, 1.54) is 0 Å². The number of carbonyl (C=O) groups is 2. The molecule has 3 aromatic carbocycles. The van der Waals surface area contributed by atoms with Crippen LogP contribution in [0.1, 0.15) is 43.7 Å². The number of halogens is 3. The summed E-state index contributed by atoms with van der Waals surface area (Å²) in [6, 6.07) is 21.3. The molecule has 0 bridgehead atoms. The van der Waals surface area contributed by atoms with Gasteiger partial charge in [-0.2, -0.15) is 0 Å². The van der Waals surface area contributed by atoms with Crippen LogP contribution < -0.4 is 10.1 Å². The van der Waals surface area contributed by atoms with Gasteiger partial charge in [0.25, 0.3) is 0 Å². The zero-order chi connectivity index (χ0) is 27.3. The van der Waals surface area contributed by atoms with E-state index in [0.29, 0.717) is 46.8 Å². The maximum absolute atomic E-state index is 13.7. The molecule has 0 unspecified atom stereocenters. The van der Waals surface area contributed by atoms with Crippen LogP contribution in [0.4, 0.5) is 0 Å². The molecule has 1 atom stereocenters. The molecule has 0 saturated heterocycles. The van der Waals surface area contributed by atoms with Crippen LogP contribution in [-0.4, -0.2) is 35.9 Å². The van der Waals surface area contributed by atoms with Crippen molar-refractivity contribution in [1.82, 2.24) is 10.2 Å². The fourth-order valence-electron chi connectivity index (χ4n) is 3.98. The molecule has 0 saturated carbocycles. The molecular weight excluding hydrogens is 543 g/mol. The Bertz CT molecular complexity index is 1170. The molecule has 0 radical (unpaired) electrons. The summed E-state index contributed by atoms with van der Waals surface area (Å²) in [7, 11) is 0. The van der Waals surface area contributed by atoms with Crippen LogP contribution in [-0.2, 0) is 22.6 Å². The van der Waals surface area contributed by atoms with E-state index < -0.39 is 6.04 Å². The molecule has 3 rings (SSSR count). The summed E-state index contributed by atoms with van der Waals surface area (Å²) in [5, 5.41) is 4.61. The molecule has 0 aliphatic carbocycles. The van der Waals surface area contributed by atoms with E-state index in [-0.39, 0.29) is 24.8 Å². The van der Waals surface area contributed by atoms with Gasteiger partial charge in [-0.25, -0.2) is 0 Å². The summed E-state index contributed by atoms with van der Waals surface area (Å²) in [6.45, 7) is 3.16. The number of hydrogen-bond donors (Lipinski definition) is 1. The van der Waals surface area contributed by atoms with Gasteiger partial charge in [-0.15, -0.1) is 0 Å². The van der Waals surface area contributed by atoms with E-state index in [1.54, 1.807) is 47.4 Å². The average molecular weight is 576 g/mol. The summed E-state index contributed by atoms with van der Waals surface area (Å²) >= 11 is 18.5. The van der Waals surface area contributed by atoms with E-state index >= 15 is 0 Å². The van der Waals surface area contributed by atoms with Crippen molar-refractivity contribution < 1.29 is 14.3 Å². The normalized spacial score (nSPS) is 11.6. The second-order valence-electron chi connectivity index (χ2n) is 9.01. The first-order valence-corrected chi connectivity index (χ1v) is 13.9. The largest absolute Gasteiger partial charge is 0.494 e. The van der Waals surface area contributed by atoms with Gasteiger partial charge in [-0.3, -0.25) is 9.59 Å². The average Bonchev–Trinajstić information content (AvgIpc) is 2.91. The second kappa shape index (κ2) is 15.6. The van der Waals surface area contributed by atoms with Gasteiger partial charge in [-0.1, -0.05) is 84.5 Å². The molecule has 0 heterocycles. The number of nitrogens with one attached hydrogen (secondary N) is 1. The molecule has 2 amide bonds. The zero-order valence-electron chi connectivity index (χ0n) is 21.5. The Morgan fingerprint density at radius 3 is 2.32 bits per heavy atom. The Labute approximate surface area is 240 Å². The lowest BCUT2D eigenvalue weighted by atomic mass is 10.0. The minimum Gasteiger partial charge on any atom is -0.494 e. The highest BCUT2D eigenvalue weighted by atomic mass is 35.5. The van der Waals surface area contributed by atoms with Gasteiger partial charge in [0, 0.05) is 41.0 Å². The number of rotatable bonds is 14. The number of benzene rings is 3. The molecule has 8 heteroatoms. The van der Waals surface area contributed by atoms with Gasteiger partial charge in [0.2, 0.25) is 11.8 Å². The summed E-state index contributed by atoms with van der Waals surface area (Å²) in [4.78, 5) is 28.7. The Morgan fingerprint density at radius 1 is 0.921 bits per heavy atom. The predicted octanol–water partition coefficient (Wildman–Crippen LogP) is 7.36. The van der Waals surface area contributed by atoms with Crippen molar-refractivity contribution in [3.63, 3.8) is 0 Å². The van der Waals surface area contributed by atoms with E-state index in [1.807, 2.05) is 30.3 Å². The van der Waals surface area contributed by atoms with Crippen LogP contribution in [0, 0.1) is 0 Å². The van der Waals surface area contributed by atoms with Gasteiger partial charge in [0.05, 0.1) is 6.61 Å². The fraction of sp³-hybridized carbons (Fsp3) is 0.333. The van der Waals surface area contributed by atoms with Crippen LogP contribution in [0.25, 0.3) is 0 Å². The summed E-state index contributed by atoms with van der Waals surface area (Å²) < 4.78 is 5.77. The lowest BCUT2D eigenvalue weighted by Gasteiger charge is -2.32. The Balaban J connectivity index is 1.80. The minimum atomic E-state index is -0.703. The van der Waals surface area contributed by atoms with Crippen LogP contribution in [0.3, 0.4) is 0 Å². The maximum atomic E-state index is 13.7. The molecule has 0 aromatic heterocycles. The highest BCUT2D eigenvalue weighted by Crippen LogP contribution is 2.25. The summed E-state index contributed by atoms with van der Waals surface area (Å²) in [5.74, 6) is 0.351. The Hall–Kier alpha value is -2.73. The lowest BCUT2D eigenvalue weighted by Crippen LogP contribution is -2.50. The van der Waals surface area contributed by atoms with Crippen LogP contribution in [0.5, 0.6) is 5.75 Å². The monoisotopic (exact) mass is 574 g/mol. The van der Waals surface area contributed by atoms with E-state index in [9.17, 15) is 9.59 Å². The Morgan fingerprint density at radius 2 is 1.63 bits per heavy atom. The molecule has 38 heavy (non-hydrogen) atoms. The van der Waals surface area contributed by atoms with Crippen molar-refractivity contribution in [2.24, 2.45) is 0 Å². The van der Waals surface area contributed by atoms with Crippen molar-refractivity contribution in [2.75, 3.05) is 13.2 Å². The highest BCUT2D eigenvalue weighted by molar-refractivity contribution is 6.35. The molecule has 0 fully saturated rings. The smallest absolute Gasteiger partial charge is 0.243 e. The van der Waals surface area contributed by atoms with Crippen LogP contribution in [0.15, 0.2) is 72.8 Å². The van der Waals surface area contributed by atoms with Gasteiger partial charge >= 0.3 is 0 Å². The lowest BCUT2D eigenvalue weighted by molar-refractivity contribution is -0.141. The third-order valence-corrected chi connectivity index (χ3v) is 6.91. The number of amides is 2. The summed E-state index contributed by atoms with van der Waals surface area (Å²) in [5.41, 5.74) is 1.69. The van der Waals surface area contributed by atoms with E-state index in [0.717, 1.165) is 24.0 Å². The van der Waals surface area contributed by atoms with Crippen LogP contribution in [0.2, 0.25) is 15.1 Å². The first-order valence-electron chi connectivity index (χ1n) is 12.8. The maximum Gasteiger partial charge on any atom is 0.243 e. The van der Waals surface area contributed by atoms with Crippen molar-refractivity contribution >= 4 is 46.6 Å². The highest BCUT2D eigenvalue weighted by Gasteiger charge is 2.30. The molecule has 0 aliphatic heterocycles. The topological polar surface area (TPSA) is 58.6 Å². The van der Waals surface area contributed by atoms with Gasteiger partial charge < -0.3 is 15.0 Å². The number of nitrogens with zero attached hydrogens (tertiary/aromatic N) is 1. The van der Waals surface area contributed by atoms with Gasteiger partial charge in [0.15, 0.2) is 0 Å². The molecule has 0 aliphatic rings. The molecule has 0 spiro atoms. The molecule has 202 valence electrons. The minimum absolute atomic E-state index is 0.151. The first-order chi connectivity index (χ1) is 18.4. The number of hydrogen-bond acceptors (Lipinski definition) is 3. The fourth-order valence-corrected chi connectivity index (χ4v) is 4.58. The van der Waals surface area contributed by atoms with Crippen molar-refractivity contribution in [3.05, 3.63) is 99.0 Å². The second-order valence-corrected chi connectivity index (χ2v) is 10.3. The van der Waals surface area contributed by atoms with Gasteiger partial charge in [-0.05, 0) is 60.4 Å². The number of ether oxygens (including phenoxy) is 1. The molecule has 1 N–H and O–H groups in total. The zero-order valence-corrected chi connectivity index (χ0v) is 23.7. The molecular formula is C30H33Cl3N2O3. The number of carbonyl (C=O) groups excluding carboxylic acids is 2. The van der Waals surface area contributed by atoms with Crippen molar-refractivity contribution in [3.8, 4) is 5.75 Å². The van der Waals surface area contributed by atoms with Crippen molar-refractivity contribution in [2.45, 2.75) is 51.6 Å². The number of unbranched alkanes of at least 4 members (excludes halogenated alkanes) is 1. The SMILES string of the molecule is CCCCNC(=O)[C@@H](Cc1ccccc1)N(Cc1ccc(Cl)cc1Cl)C(=O)CCCOc1ccc(Cl)cc1. The van der Waals surface area contributed by atoms with E-state index in [2.05, 4.69) is 12.2 Å². The van der Waals surface area contributed by atoms with E-state index in [4.69, 9.17) is 39.5 Å². The van der Waals surface area contributed by atoms with Gasteiger partial charge in [0.1, 0.15) is 11.8 Å². The third-order valence-electron chi connectivity index (χ3n) is 6.07. The molecule has 5 nitrogen and oxygen atoms in total. The quantitative estimate of drug-likeness (QED) is 0.204. The first kappa shape index (κ1) is 29.8. The van der Waals surface area contributed by atoms with Crippen LogP contribution >= 0.6 is 34.8 Å². The summed E-state index contributed by atoms with van der Waals surface area (Å²) in [6.07, 6.45) is 2.91. The Kier molecular flexibility index (Phi) is 12.3. The predicted molar refractivity (Wildman–Crippen MR) is 155 cm³/mol. The van der Waals surface area contributed by atoms with Crippen molar-refractivity contribution in [1.29, 1.82) is 0 Å². The third kappa shape index (κ3) is 9.54. The molecule has 3 aromatic rings.